The molecular weight excluding hydrogens is 166 g/mol. The molecule has 1 heterocycles. The first-order valence-electron chi connectivity index (χ1n) is 5.22. The van der Waals surface area contributed by atoms with Gasteiger partial charge < -0.3 is 10.1 Å². The zero-order valence-corrected chi connectivity index (χ0v) is 8.34. The predicted octanol–water partition coefficient (Wildman–Crippen LogP) is 1.47. The molecule has 0 aliphatic carbocycles. The van der Waals surface area contributed by atoms with Gasteiger partial charge in [0.1, 0.15) is 0 Å². The summed E-state index contributed by atoms with van der Waals surface area (Å²) >= 11 is 0. The zero-order valence-electron chi connectivity index (χ0n) is 8.34. The maximum atomic E-state index is 11.0. The van der Waals surface area contributed by atoms with Gasteiger partial charge in [0.15, 0.2) is 0 Å². The highest BCUT2D eigenvalue weighted by Crippen LogP contribution is 2.12. The van der Waals surface area contributed by atoms with Gasteiger partial charge in [0.2, 0.25) is 0 Å². The molecule has 13 heavy (non-hydrogen) atoms. The number of esters is 1. The summed E-state index contributed by atoms with van der Waals surface area (Å²) in [6, 6.07) is 0.648. The molecule has 1 saturated heterocycles. The van der Waals surface area contributed by atoms with E-state index < -0.39 is 0 Å². The molecule has 1 aliphatic heterocycles. The van der Waals surface area contributed by atoms with E-state index in [9.17, 15) is 4.79 Å². The first kappa shape index (κ1) is 10.5. The average molecular weight is 185 g/mol. The SMILES string of the molecule is CCOC(=O)CCCC1CCCN1. The van der Waals surface area contributed by atoms with Crippen molar-refractivity contribution in [3.05, 3.63) is 0 Å². The molecule has 1 atom stereocenters. The molecule has 1 unspecified atom stereocenters. The maximum Gasteiger partial charge on any atom is 0.305 e. The summed E-state index contributed by atoms with van der Waals surface area (Å²) in [5.41, 5.74) is 0. The number of ether oxygens (including phenoxy) is 1. The highest BCUT2D eigenvalue weighted by Gasteiger charge is 2.13. The summed E-state index contributed by atoms with van der Waals surface area (Å²) in [6.07, 6.45) is 5.19. The number of carbonyl (C=O) groups excluding carboxylic acids is 1. The third kappa shape index (κ3) is 4.27. The molecule has 1 aliphatic rings. The zero-order chi connectivity index (χ0) is 9.52. The van der Waals surface area contributed by atoms with Gasteiger partial charge in [-0.2, -0.15) is 0 Å². The van der Waals surface area contributed by atoms with Crippen LogP contribution in [0.15, 0.2) is 0 Å². The summed E-state index contributed by atoms with van der Waals surface area (Å²) in [7, 11) is 0. The van der Waals surface area contributed by atoms with Gasteiger partial charge in [-0.05, 0) is 39.2 Å². The van der Waals surface area contributed by atoms with Crippen molar-refractivity contribution in [3.63, 3.8) is 0 Å². The van der Waals surface area contributed by atoms with Gasteiger partial charge in [-0.25, -0.2) is 0 Å². The van der Waals surface area contributed by atoms with Crippen LogP contribution in [0.2, 0.25) is 0 Å². The van der Waals surface area contributed by atoms with Crippen LogP contribution in [0.5, 0.6) is 0 Å². The van der Waals surface area contributed by atoms with Crippen molar-refractivity contribution in [2.75, 3.05) is 13.2 Å². The highest BCUT2D eigenvalue weighted by molar-refractivity contribution is 5.69. The Balaban J connectivity index is 1.96. The lowest BCUT2D eigenvalue weighted by molar-refractivity contribution is -0.143. The second kappa shape index (κ2) is 5.97. The summed E-state index contributed by atoms with van der Waals surface area (Å²) < 4.78 is 4.85. The van der Waals surface area contributed by atoms with E-state index in [4.69, 9.17) is 4.74 Å². The summed E-state index contributed by atoms with van der Waals surface area (Å²) in [5.74, 6) is -0.0551. The van der Waals surface area contributed by atoms with Crippen molar-refractivity contribution in [1.82, 2.24) is 5.32 Å². The monoisotopic (exact) mass is 185 g/mol. The topological polar surface area (TPSA) is 38.3 Å². The molecule has 0 radical (unpaired) electrons. The van der Waals surface area contributed by atoms with E-state index in [1.807, 2.05) is 6.92 Å². The quantitative estimate of drug-likeness (QED) is 0.659. The minimum Gasteiger partial charge on any atom is -0.466 e. The number of carbonyl (C=O) groups is 1. The molecule has 3 heteroatoms. The van der Waals surface area contributed by atoms with Crippen molar-refractivity contribution in [3.8, 4) is 0 Å². The fourth-order valence-electron chi connectivity index (χ4n) is 1.73. The molecule has 0 bridgehead atoms. The van der Waals surface area contributed by atoms with E-state index in [1.165, 1.54) is 12.8 Å². The Kier molecular flexibility index (Phi) is 4.83. The van der Waals surface area contributed by atoms with E-state index in [0.29, 0.717) is 19.1 Å². The first-order valence-corrected chi connectivity index (χ1v) is 5.22. The molecule has 0 aromatic heterocycles. The van der Waals surface area contributed by atoms with Gasteiger partial charge in [0.25, 0.3) is 0 Å². The van der Waals surface area contributed by atoms with Crippen LogP contribution in [0.1, 0.15) is 39.0 Å². The molecule has 1 rings (SSSR count). The smallest absolute Gasteiger partial charge is 0.305 e. The van der Waals surface area contributed by atoms with Crippen molar-refractivity contribution >= 4 is 5.97 Å². The fraction of sp³-hybridized carbons (Fsp3) is 0.900. The van der Waals surface area contributed by atoms with Crippen LogP contribution in [0.4, 0.5) is 0 Å². The Morgan fingerprint density at radius 2 is 2.46 bits per heavy atom. The molecule has 0 spiro atoms. The lowest BCUT2D eigenvalue weighted by atomic mass is 10.1. The van der Waals surface area contributed by atoms with Crippen LogP contribution in [0, 0.1) is 0 Å². The summed E-state index contributed by atoms with van der Waals surface area (Å²) in [5, 5.41) is 3.41. The molecule has 0 saturated carbocycles. The molecule has 0 amide bonds. The molecule has 3 nitrogen and oxygen atoms in total. The molecule has 76 valence electrons. The molecule has 0 aromatic rings. The van der Waals surface area contributed by atoms with E-state index >= 15 is 0 Å². The van der Waals surface area contributed by atoms with Crippen LogP contribution in [-0.2, 0) is 9.53 Å². The minimum absolute atomic E-state index is 0.0551. The van der Waals surface area contributed by atoms with Gasteiger partial charge in [-0.3, -0.25) is 4.79 Å². The third-order valence-electron chi connectivity index (χ3n) is 2.40. The highest BCUT2D eigenvalue weighted by atomic mass is 16.5. The summed E-state index contributed by atoms with van der Waals surface area (Å²) in [6.45, 7) is 3.49. The van der Waals surface area contributed by atoms with Crippen LogP contribution in [0.3, 0.4) is 0 Å². The number of rotatable bonds is 5. The average Bonchev–Trinajstić information content (AvgIpc) is 2.57. The standard InChI is InChI=1S/C10H19NO2/c1-2-13-10(12)7-3-5-9-6-4-8-11-9/h9,11H,2-8H2,1H3. The first-order chi connectivity index (χ1) is 6.33. The maximum absolute atomic E-state index is 11.0. The normalized spacial score (nSPS) is 21.8. The van der Waals surface area contributed by atoms with E-state index in [-0.39, 0.29) is 5.97 Å². The number of hydrogen-bond donors (Lipinski definition) is 1. The van der Waals surface area contributed by atoms with E-state index in [2.05, 4.69) is 5.32 Å². The second-order valence-electron chi connectivity index (χ2n) is 3.49. The van der Waals surface area contributed by atoms with Crippen LogP contribution in [-0.4, -0.2) is 25.2 Å². The minimum atomic E-state index is -0.0551. The molecule has 0 aromatic carbocycles. The Bertz CT molecular complexity index is 153. The Labute approximate surface area is 79.8 Å². The van der Waals surface area contributed by atoms with Crippen LogP contribution >= 0.6 is 0 Å². The van der Waals surface area contributed by atoms with Gasteiger partial charge in [0, 0.05) is 12.5 Å². The number of hydrogen-bond acceptors (Lipinski definition) is 3. The Hall–Kier alpha value is -0.570. The largest absolute Gasteiger partial charge is 0.466 e. The van der Waals surface area contributed by atoms with Crippen molar-refractivity contribution < 1.29 is 9.53 Å². The van der Waals surface area contributed by atoms with E-state index in [1.54, 1.807) is 0 Å². The number of nitrogens with one attached hydrogen (secondary N) is 1. The van der Waals surface area contributed by atoms with E-state index in [0.717, 1.165) is 19.4 Å². The van der Waals surface area contributed by atoms with Crippen molar-refractivity contribution in [2.24, 2.45) is 0 Å². The second-order valence-corrected chi connectivity index (χ2v) is 3.49. The van der Waals surface area contributed by atoms with Crippen LogP contribution < -0.4 is 5.32 Å². The van der Waals surface area contributed by atoms with Crippen molar-refractivity contribution in [2.45, 2.75) is 45.1 Å². The fourth-order valence-corrected chi connectivity index (χ4v) is 1.73. The Morgan fingerprint density at radius 3 is 3.08 bits per heavy atom. The predicted molar refractivity (Wildman–Crippen MR) is 51.5 cm³/mol. The lowest BCUT2D eigenvalue weighted by Crippen LogP contribution is -2.21. The Morgan fingerprint density at radius 1 is 1.62 bits per heavy atom. The van der Waals surface area contributed by atoms with Crippen LogP contribution in [0.25, 0.3) is 0 Å². The third-order valence-corrected chi connectivity index (χ3v) is 2.40. The van der Waals surface area contributed by atoms with Crippen molar-refractivity contribution in [1.29, 1.82) is 0 Å². The summed E-state index contributed by atoms with van der Waals surface area (Å²) in [4.78, 5) is 11.0. The van der Waals surface area contributed by atoms with Gasteiger partial charge in [-0.1, -0.05) is 0 Å². The van der Waals surface area contributed by atoms with Gasteiger partial charge >= 0.3 is 5.97 Å². The van der Waals surface area contributed by atoms with Gasteiger partial charge in [0.05, 0.1) is 6.61 Å². The lowest BCUT2D eigenvalue weighted by Gasteiger charge is -2.08. The molecular formula is C10H19NO2. The van der Waals surface area contributed by atoms with Gasteiger partial charge in [-0.15, -0.1) is 0 Å². The molecule has 1 fully saturated rings. The molecule has 1 N–H and O–H groups in total.